The highest BCUT2D eigenvalue weighted by atomic mass is 16.3. The fraction of sp³-hybridized carbons (Fsp3) is 0.115. The van der Waals surface area contributed by atoms with Crippen LogP contribution >= 0.6 is 0 Å². The first-order chi connectivity index (χ1) is 15.5. The molecule has 6 rings (SSSR count). The number of aliphatic hydroxyl groups excluding tert-OH is 1. The highest BCUT2D eigenvalue weighted by molar-refractivity contribution is 6.21. The molecule has 1 aliphatic carbocycles. The summed E-state index contributed by atoms with van der Waals surface area (Å²) < 4.78 is 2.82. The smallest absolute Gasteiger partial charge is 0.507 e. The van der Waals surface area contributed by atoms with E-state index in [1.54, 1.807) is 18.7 Å². The Morgan fingerprint density at radius 3 is 2.44 bits per heavy atom. The van der Waals surface area contributed by atoms with E-state index in [0.717, 1.165) is 33.2 Å². The quantitative estimate of drug-likeness (QED) is 0.408. The lowest BCUT2D eigenvalue weighted by atomic mass is 9.79. The van der Waals surface area contributed by atoms with Crippen LogP contribution in [0, 0.1) is 0 Å². The van der Waals surface area contributed by atoms with Gasteiger partial charge in [-0.15, -0.1) is 9.13 Å². The van der Waals surface area contributed by atoms with Crippen molar-refractivity contribution in [1.29, 1.82) is 0 Å². The van der Waals surface area contributed by atoms with Gasteiger partial charge in [0.25, 0.3) is 0 Å². The molecule has 6 heteroatoms. The van der Waals surface area contributed by atoms with Crippen molar-refractivity contribution in [3.63, 3.8) is 0 Å². The van der Waals surface area contributed by atoms with Gasteiger partial charge in [-0.25, -0.2) is 9.79 Å². The molecule has 0 saturated heterocycles. The zero-order valence-electron chi connectivity index (χ0n) is 17.6. The van der Waals surface area contributed by atoms with Gasteiger partial charge in [0.05, 0.1) is 11.5 Å². The lowest BCUT2D eigenvalue weighted by molar-refractivity contribution is -0.723. The number of aliphatic hydroxyl groups is 1. The first-order valence-electron chi connectivity index (χ1n) is 10.5. The zero-order chi connectivity index (χ0) is 22.1. The van der Waals surface area contributed by atoms with E-state index in [2.05, 4.69) is 4.99 Å². The minimum absolute atomic E-state index is 0.151. The van der Waals surface area contributed by atoms with Crippen LogP contribution in [0.15, 0.2) is 77.1 Å². The van der Waals surface area contributed by atoms with Crippen LogP contribution in [0.25, 0.3) is 16.5 Å². The summed E-state index contributed by atoms with van der Waals surface area (Å²) in [6.45, 7) is 0. The van der Waals surface area contributed by atoms with Gasteiger partial charge < -0.3 is 10.2 Å². The Labute approximate surface area is 183 Å². The molecule has 0 saturated carbocycles. The molecule has 3 aromatic carbocycles. The van der Waals surface area contributed by atoms with Crippen LogP contribution in [0.4, 0.5) is 5.82 Å². The predicted octanol–water partition coefficient (Wildman–Crippen LogP) is 1.70. The topological polar surface area (TPSA) is 80.3 Å². The van der Waals surface area contributed by atoms with Crippen molar-refractivity contribution in [2.45, 2.75) is 5.92 Å². The van der Waals surface area contributed by atoms with Crippen molar-refractivity contribution in [2.75, 3.05) is 0 Å². The molecule has 1 unspecified atom stereocenters. The van der Waals surface area contributed by atoms with Gasteiger partial charge >= 0.3 is 17.4 Å². The van der Waals surface area contributed by atoms with E-state index in [1.807, 2.05) is 66.7 Å². The van der Waals surface area contributed by atoms with Crippen molar-refractivity contribution >= 4 is 28.1 Å². The Morgan fingerprint density at radius 2 is 1.62 bits per heavy atom. The van der Waals surface area contributed by atoms with E-state index in [9.17, 15) is 15.0 Å². The van der Waals surface area contributed by atoms with Crippen molar-refractivity contribution in [1.82, 2.24) is 4.57 Å². The van der Waals surface area contributed by atoms with Gasteiger partial charge in [-0.1, -0.05) is 60.7 Å². The van der Waals surface area contributed by atoms with Crippen LogP contribution in [0.1, 0.15) is 28.2 Å². The van der Waals surface area contributed by atoms with Crippen LogP contribution in [-0.4, -0.2) is 20.5 Å². The van der Waals surface area contributed by atoms with Gasteiger partial charge in [0, 0.05) is 11.1 Å². The van der Waals surface area contributed by atoms with Gasteiger partial charge in [-0.2, -0.15) is 0 Å². The number of aromatic nitrogens is 2. The number of nitrogens with zero attached hydrogens (tertiary/aromatic N) is 2. The number of aromatic hydroxyl groups is 1. The zero-order valence-corrected chi connectivity index (χ0v) is 17.6. The minimum atomic E-state index is -0.509. The molecule has 1 aromatic heterocycles. The number of nitrogens with one attached hydrogen (secondary N) is 1. The van der Waals surface area contributed by atoms with Crippen molar-refractivity contribution < 1.29 is 19.8 Å². The third kappa shape index (κ3) is 2.26. The monoisotopic (exact) mass is 423 g/mol. The van der Waals surface area contributed by atoms with Crippen molar-refractivity contribution in [2.24, 2.45) is 14.1 Å². The lowest BCUT2D eigenvalue weighted by Crippen LogP contribution is -2.75. The average molecular weight is 423 g/mol. The largest absolute Gasteiger partial charge is 0.519 e. The summed E-state index contributed by atoms with van der Waals surface area (Å²) in [5.74, 6) is 0.182. The summed E-state index contributed by atoms with van der Waals surface area (Å²) in [5.41, 5.74) is 4.14. The van der Waals surface area contributed by atoms with Gasteiger partial charge in [0.2, 0.25) is 0 Å². The molecule has 6 nitrogen and oxygen atoms in total. The summed E-state index contributed by atoms with van der Waals surface area (Å²) in [7, 11) is 3.27. The van der Waals surface area contributed by atoms with Crippen LogP contribution in [0.5, 0.6) is 6.01 Å². The molecule has 0 radical (unpaired) electrons. The minimum Gasteiger partial charge on any atom is -0.507 e. The van der Waals surface area contributed by atoms with Gasteiger partial charge in [-0.05, 0) is 22.4 Å². The number of benzene rings is 3. The SMILES string of the molecule is Cn1c(O)[n+](C)c2c(c1=O)C(c1cccc3ccccc13)C1=C(O)c3ccccc3C1=[NH+]2. The highest BCUT2D eigenvalue weighted by Gasteiger charge is 2.47. The van der Waals surface area contributed by atoms with Gasteiger partial charge in [0.15, 0.2) is 11.3 Å². The molecule has 156 valence electrons. The van der Waals surface area contributed by atoms with Crippen LogP contribution in [0.2, 0.25) is 0 Å². The fourth-order valence-electron chi connectivity index (χ4n) is 5.10. The van der Waals surface area contributed by atoms with Gasteiger partial charge in [-0.3, -0.25) is 0 Å². The van der Waals surface area contributed by atoms with Gasteiger partial charge in [0.1, 0.15) is 19.9 Å². The molecule has 0 bridgehead atoms. The summed E-state index contributed by atoms with van der Waals surface area (Å²) >= 11 is 0. The fourth-order valence-corrected chi connectivity index (χ4v) is 5.10. The molecular formula is C26H21N3O3+2. The molecule has 0 amide bonds. The Kier molecular flexibility index (Phi) is 3.72. The van der Waals surface area contributed by atoms with Crippen LogP contribution in [-0.2, 0) is 14.1 Å². The summed E-state index contributed by atoms with van der Waals surface area (Å²) in [6.07, 6.45) is 0. The Bertz CT molecular complexity index is 1590. The molecule has 0 spiro atoms. The summed E-state index contributed by atoms with van der Waals surface area (Å²) in [6, 6.07) is 21.6. The molecule has 2 aliphatic rings. The maximum atomic E-state index is 13.5. The first kappa shape index (κ1) is 18.6. The van der Waals surface area contributed by atoms with E-state index < -0.39 is 5.92 Å². The number of hydrogen-bond acceptors (Lipinski definition) is 3. The second kappa shape index (κ2) is 6.40. The Balaban J connectivity index is 1.80. The molecule has 32 heavy (non-hydrogen) atoms. The Hall–Kier alpha value is -4.19. The first-order valence-corrected chi connectivity index (χ1v) is 10.5. The van der Waals surface area contributed by atoms with E-state index in [-0.39, 0.29) is 17.3 Å². The second-order valence-corrected chi connectivity index (χ2v) is 8.29. The van der Waals surface area contributed by atoms with Crippen LogP contribution < -0.4 is 15.1 Å². The lowest BCUT2D eigenvalue weighted by Gasteiger charge is -2.23. The number of hydrogen-bond donors (Lipinski definition) is 3. The maximum Gasteiger partial charge on any atom is 0.519 e. The van der Waals surface area contributed by atoms with Crippen molar-refractivity contribution in [3.05, 3.63) is 105 Å². The summed E-state index contributed by atoms with van der Waals surface area (Å²) in [4.78, 5) is 16.9. The maximum absolute atomic E-state index is 13.5. The number of allylic oxidation sites excluding steroid dienone is 1. The third-order valence-electron chi connectivity index (χ3n) is 6.66. The molecular weight excluding hydrogens is 402 g/mol. The number of rotatable bonds is 1. The normalized spacial score (nSPS) is 16.6. The molecule has 0 fully saturated rings. The summed E-state index contributed by atoms with van der Waals surface area (Å²) in [5, 5.41) is 24.0. The molecule has 3 N–H and O–H groups in total. The molecule has 1 atom stereocenters. The van der Waals surface area contributed by atoms with Crippen LogP contribution in [0.3, 0.4) is 0 Å². The Morgan fingerprint density at radius 1 is 0.938 bits per heavy atom. The number of fused-ring (bicyclic) bond motifs is 5. The average Bonchev–Trinajstić information content (AvgIpc) is 3.12. The van der Waals surface area contributed by atoms with E-state index in [1.165, 1.54) is 4.57 Å². The van der Waals surface area contributed by atoms with E-state index in [4.69, 9.17) is 0 Å². The second-order valence-electron chi connectivity index (χ2n) is 8.29. The third-order valence-corrected chi connectivity index (χ3v) is 6.66. The van der Waals surface area contributed by atoms with E-state index in [0.29, 0.717) is 17.0 Å². The molecule has 2 heterocycles. The molecule has 4 aromatic rings. The van der Waals surface area contributed by atoms with Crippen molar-refractivity contribution in [3.8, 4) is 6.01 Å². The predicted molar refractivity (Wildman–Crippen MR) is 121 cm³/mol. The standard InChI is InChI=1S/C26H19N3O3/c1-28-24-21(25(31)29(2)26(28)32)19(16-13-7-9-14-8-3-4-10-15(14)16)20-22(27-24)17-11-5-6-12-18(17)23(20)30/h3-13,19H,1-2H3,(H,27,30,31)/p+2. The highest BCUT2D eigenvalue weighted by Crippen LogP contribution is 2.45. The molecule has 1 aliphatic heterocycles. The van der Waals surface area contributed by atoms with E-state index >= 15 is 0 Å².